The summed E-state index contributed by atoms with van der Waals surface area (Å²) in [5.41, 5.74) is 1.03. The zero-order valence-corrected chi connectivity index (χ0v) is 12.4. The summed E-state index contributed by atoms with van der Waals surface area (Å²) in [6, 6.07) is 3.89. The highest BCUT2D eigenvalue weighted by Gasteiger charge is 2.28. The van der Waals surface area contributed by atoms with E-state index >= 15 is 0 Å². The van der Waals surface area contributed by atoms with Crippen molar-refractivity contribution in [2.75, 3.05) is 26.2 Å². The van der Waals surface area contributed by atoms with Gasteiger partial charge in [0.1, 0.15) is 0 Å². The zero-order valence-electron chi connectivity index (χ0n) is 12.4. The molecule has 0 spiro atoms. The van der Waals surface area contributed by atoms with Crippen LogP contribution in [0.5, 0.6) is 0 Å². The largest absolute Gasteiger partial charge is 0.478 e. The molecule has 2 aliphatic heterocycles. The number of rotatable bonds is 5. The normalized spacial score (nSPS) is 23.7. The van der Waals surface area contributed by atoms with E-state index in [0.717, 1.165) is 13.1 Å². The lowest BCUT2D eigenvalue weighted by molar-refractivity contribution is 0.0693. The van der Waals surface area contributed by atoms with Gasteiger partial charge in [0.25, 0.3) is 0 Å². The van der Waals surface area contributed by atoms with Crippen molar-refractivity contribution in [1.82, 2.24) is 14.8 Å². The Bertz CT molecular complexity index is 500. The Kier molecular flexibility index (Phi) is 4.51. The van der Waals surface area contributed by atoms with Crippen molar-refractivity contribution in [2.45, 2.75) is 38.3 Å². The summed E-state index contributed by atoms with van der Waals surface area (Å²) < 4.78 is 0. The van der Waals surface area contributed by atoms with Crippen LogP contribution < -0.4 is 0 Å². The number of hydrogen-bond donors (Lipinski definition) is 1. The van der Waals surface area contributed by atoms with Gasteiger partial charge in [-0.15, -0.1) is 0 Å². The number of carboxylic acid groups (broad SMARTS) is 1. The Morgan fingerprint density at radius 2 is 2.10 bits per heavy atom. The quantitative estimate of drug-likeness (QED) is 0.896. The van der Waals surface area contributed by atoms with Crippen LogP contribution in [0.15, 0.2) is 18.3 Å². The molecule has 1 aromatic heterocycles. The van der Waals surface area contributed by atoms with Gasteiger partial charge in [-0.3, -0.25) is 9.88 Å². The van der Waals surface area contributed by atoms with E-state index < -0.39 is 5.97 Å². The van der Waals surface area contributed by atoms with Crippen LogP contribution in [-0.4, -0.2) is 58.1 Å². The molecule has 5 nitrogen and oxygen atoms in total. The Morgan fingerprint density at radius 3 is 2.86 bits per heavy atom. The van der Waals surface area contributed by atoms with E-state index in [1.807, 2.05) is 0 Å². The highest BCUT2D eigenvalue weighted by Crippen LogP contribution is 2.23. The predicted octanol–water partition coefficient (Wildman–Crippen LogP) is 1.84. The number of hydrogen-bond acceptors (Lipinski definition) is 4. The Morgan fingerprint density at radius 1 is 1.29 bits per heavy atom. The molecule has 2 fully saturated rings. The molecule has 0 unspecified atom stereocenters. The Labute approximate surface area is 125 Å². The molecule has 2 saturated heterocycles. The molecular weight excluding hydrogens is 266 g/mol. The van der Waals surface area contributed by atoms with Crippen LogP contribution in [0.3, 0.4) is 0 Å². The van der Waals surface area contributed by atoms with Crippen LogP contribution in [0.4, 0.5) is 0 Å². The number of aromatic nitrogens is 1. The summed E-state index contributed by atoms with van der Waals surface area (Å²) in [5.74, 6) is -0.881. The Balaban J connectivity index is 1.67. The topological polar surface area (TPSA) is 56.7 Å². The second-order valence-electron chi connectivity index (χ2n) is 6.08. The standard InChI is InChI=1S/C16H23N3O2/c20-16(21)14-6-3-7-17-15(14)12-19-10-4-5-13(19)11-18-8-1-2-9-18/h3,6-7,13H,1-2,4-5,8-12H2,(H,20,21)/t13-/m0/s1. The van der Waals surface area contributed by atoms with Crippen LogP contribution in [0, 0.1) is 0 Å². The molecule has 1 atom stereocenters. The maximum Gasteiger partial charge on any atom is 0.337 e. The molecule has 3 heterocycles. The van der Waals surface area contributed by atoms with E-state index in [2.05, 4.69) is 14.8 Å². The smallest absolute Gasteiger partial charge is 0.337 e. The van der Waals surface area contributed by atoms with Crippen LogP contribution in [-0.2, 0) is 6.54 Å². The molecule has 0 aromatic carbocycles. The molecule has 114 valence electrons. The van der Waals surface area contributed by atoms with E-state index in [1.165, 1.54) is 38.8 Å². The van der Waals surface area contributed by atoms with Crippen molar-refractivity contribution < 1.29 is 9.90 Å². The average Bonchev–Trinajstić information content (AvgIpc) is 3.12. The lowest BCUT2D eigenvalue weighted by Crippen LogP contribution is -2.39. The molecule has 0 bridgehead atoms. The van der Waals surface area contributed by atoms with Crippen molar-refractivity contribution in [1.29, 1.82) is 0 Å². The third-order valence-electron chi connectivity index (χ3n) is 4.64. The summed E-state index contributed by atoms with van der Waals surface area (Å²) in [7, 11) is 0. The summed E-state index contributed by atoms with van der Waals surface area (Å²) >= 11 is 0. The predicted molar refractivity (Wildman–Crippen MR) is 80.3 cm³/mol. The van der Waals surface area contributed by atoms with Gasteiger partial charge in [0.05, 0.1) is 11.3 Å². The number of carboxylic acids is 1. The van der Waals surface area contributed by atoms with Crippen molar-refractivity contribution in [2.24, 2.45) is 0 Å². The first-order valence-electron chi connectivity index (χ1n) is 7.87. The van der Waals surface area contributed by atoms with Gasteiger partial charge in [-0.05, 0) is 57.5 Å². The third kappa shape index (κ3) is 3.41. The van der Waals surface area contributed by atoms with E-state index in [1.54, 1.807) is 18.3 Å². The van der Waals surface area contributed by atoms with Crippen molar-refractivity contribution >= 4 is 5.97 Å². The lowest BCUT2D eigenvalue weighted by Gasteiger charge is -2.28. The summed E-state index contributed by atoms with van der Waals surface area (Å²) in [5, 5.41) is 9.27. The average molecular weight is 289 g/mol. The van der Waals surface area contributed by atoms with Gasteiger partial charge in [-0.25, -0.2) is 4.79 Å². The molecule has 0 saturated carbocycles. The minimum atomic E-state index is -0.881. The second kappa shape index (κ2) is 6.54. The van der Waals surface area contributed by atoms with Crippen LogP contribution >= 0.6 is 0 Å². The number of aromatic carboxylic acids is 1. The fraction of sp³-hybridized carbons (Fsp3) is 0.625. The first-order chi connectivity index (χ1) is 10.2. The molecule has 0 radical (unpaired) electrons. The van der Waals surface area contributed by atoms with Gasteiger partial charge >= 0.3 is 5.97 Å². The van der Waals surface area contributed by atoms with Gasteiger partial charge in [-0.2, -0.15) is 0 Å². The van der Waals surface area contributed by atoms with Gasteiger partial charge in [0, 0.05) is 25.3 Å². The highest BCUT2D eigenvalue weighted by atomic mass is 16.4. The molecule has 3 rings (SSSR count). The maximum absolute atomic E-state index is 11.3. The van der Waals surface area contributed by atoms with Crippen LogP contribution in [0.2, 0.25) is 0 Å². The maximum atomic E-state index is 11.3. The van der Waals surface area contributed by atoms with E-state index in [-0.39, 0.29) is 0 Å². The van der Waals surface area contributed by atoms with Crippen molar-refractivity contribution in [3.8, 4) is 0 Å². The highest BCUT2D eigenvalue weighted by molar-refractivity contribution is 5.88. The van der Waals surface area contributed by atoms with Crippen LogP contribution in [0.25, 0.3) is 0 Å². The molecular formula is C16H23N3O2. The van der Waals surface area contributed by atoms with Crippen molar-refractivity contribution in [3.05, 3.63) is 29.6 Å². The lowest BCUT2D eigenvalue weighted by atomic mass is 10.1. The number of pyridine rings is 1. The fourth-order valence-electron chi connectivity index (χ4n) is 3.52. The first-order valence-corrected chi connectivity index (χ1v) is 7.87. The van der Waals surface area contributed by atoms with E-state index in [4.69, 9.17) is 0 Å². The molecule has 0 amide bonds. The summed E-state index contributed by atoms with van der Waals surface area (Å²) in [6.45, 7) is 5.26. The minimum absolute atomic E-state index is 0.337. The summed E-state index contributed by atoms with van der Waals surface area (Å²) in [4.78, 5) is 20.5. The SMILES string of the molecule is O=C(O)c1cccnc1CN1CCC[C@H]1CN1CCCC1. The molecule has 2 aliphatic rings. The van der Waals surface area contributed by atoms with E-state index in [9.17, 15) is 9.90 Å². The number of likely N-dealkylation sites (tertiary alicyclic amines) is 2. The number of carbonyl (C=O) groups is 1. The van der Waals surface area contributed by atoms with Crippen LogP contribution in [0.1, 0.15) is 41.7 Å². The molecule has 21 heavy (non-hydrogen) atoms. The molecule has 0 aliphatic carbocycles. The van der Waals surface area contributed by atoms with Crippen molar-refractivity contribution in [3.63, 3.8) is 0 Å². The van der Waals surface area contributed by atoms with Gasteiger partial charge in [0.15, 0.2) is 0 Å². The minimum Gasteiger partial charge on any atom is -0.478 e. The van der Waals surface area contributed by atoms with E-state index in [0.29, 0.717) is 23.8 Å². The third-order valence-corrected chi connectivity index (χ3v) is 4.64. The molecule has 5 heteroatoms. The monoisotopic (exact) mass is 289 g/mol. The number of nitrogens with zero attached hydrogens (tertiary/aromatic N) is 3. The zero-order chi connectivity index (χ0) is 14.7. The van der Waals surface area contributed by atoms with Gasteiger partial charge in [0.2, 0.25) is 0 Å². The Hall–Kier alpha value is -1.46. The first kappa shape index (κ1) is 14.5. The fourth-order valence-corrected chi connectivity index (χ4v) is 3.52. The van der Waals surface area contributed by atoms with Gasteiger partial charge in [-0.1, -0.05) is 0 Å². The molecule has 1 aromatic rings. The summed E-state index contributed by atoms with van der Waals surface area (Å²) in [6.07, 6.45) is 6.74. The second-order valence-corrected chi connectivity index (χ2v) is 6.08. The van der Waals surface area contributed by atoms with Gasteiger partial charge < -0.3 is 10.0 Å². The molecule has 1 N–H and O–H groups in total.